The Morgan fingerprint density at radius 2 is 1.69 bits per heavy atom. The molecule has 0 aliphatic heterocycles. The molecule has 0 fully saturated rings. The molecule has 4 rings (SSSR count). The molecule has 0 N–H and O–H groups in total. The number of hydrogen-bond acceptors (Lipinski definition) is 4. The Balaban J connectivity index is 1.86. The normalized spacial score (nSPS) is 10.8. The monoisotopic (exact) mass is 345 g/mol. The number of rotatable bonds is 5. The van der Waals surface area contributed by atoms with Crippen LogP contribution in [0.5, 0.6) is 11.5 Å². The van der Waals surface area contributed by atoms with E-state index in [1.165, 1.54) is 0 Å². The maximum atomic E-state index is 5.40. The number of nitrogens with zero attached hydrogens (tertiary/aromatic N) is 3. The van der Waals surface area contributed by atoms with Gasteiger partial charge < -0.3 is 14.0 Å². The predicted octanol–water partition coefficient (Wildman–Crippen LogP) is 4.16. The number of methoxy groups -OCH3 is 2. The molecule has 0 saturated carbocycles. The van der Waals surface area contributed by atoms with Crippen molar-refractivity contribution in [2.24, 2.45) is 0 Å². The van der Waals surface area contributed by atoms with Gasteiger partial charge in [-0.05, 0) is 42.0 Å². The SMILES string of the molecule is COc1cc(Cn2c(-c3cccnc3)nc3ccccc32)cc(OC)c1. The van der Waals surface area contributed by atoms with E-state index < -0.39 is 0 Å². The number of benzene rings is 2. The Bertz CT molecular complexity index is 1020. The molecule has 2 aromatic heterocycles. The second kappa shape index (κ2) is 6.88. The summed E-state index contributed by atoms with van der Waals surface area (Å²) in [5, 5.41) is 0. The second-order valence-corrected chi connectivity index (χ2v) is 5.97. The third kappa shape index (κ3) is 2.99. The fourth-order valence-corrected chi connectivity index (χ4v) is 3.09. The Hall–Kier alpha value is -3.34. The van der Waals surface area contributed by atoms with Crippen LogP contribution in [0.15, 0.2) is 67.0 Å². The van der Waals surface area contributed by atoms with Crippen molar-refractivity contribution >= 4 is 11.0 Å². The first-order chi connectivity index (χ1) is 12.8. The molecule has 0 aliphatic carbocycles. The largest absolute Gasteiger partial charge is 0.497 e. The highest BCUT2D eigenvalue weighted by Crippen LogP contribution is 2.28. The van der Waals surface area contributed by atoms with Crippen molar-refractivity contribution in [3.63, 3.8) is 0 Å². The van der Waals surface area contributed by atoms with Gasteiger partial charge in [0.05, 0.1) is 25.3 Å². The van der Waals surface area contributed by atoms with Crippen LogP contribution in [-0.2, 0) is 6.54 Å². The Morgan fingerprint density at radius 1 is 0.923 bits per heavy atom. The lowest BCUT2D eigenvalue weighted by Crippen LogP contribution is -2.03. The van der Waals surface area contributed by atoms with Gasteiger partial charge in [-0.15, -0.1) is 0 Å². The number of pyridine rings is 1. The van der Waals surface area contributed by atoms with E-state index in [2.05, 4.69) is 15.6 Å². The Kier molecular flexibility index (Phi) is 4.27. The van der Waals surface area contributed by atoms with Gasteiger partial charge in [0.2, 0.25) is 0 Å². The molecular weight excluding hydrogens is 326 g/mol. The fourth-order valence-electron chi connectivity index (χ4n) is 3.09. The average Bonchev–Trinajstić information content (AvgIpc) is 3.07. The summed E-state index contributed by atoms with van der Waals surface area (Å²) in [6, 6.07) is 18.0. The van der Waals surface area contributed by atoms with E-state index in [0.29, 0.717) is 6.54 Å². The number of hydrogen-bond donors (Lipinski definition) is 0. The van der Waals surface area contributed by atoms with Gasteiger partial charge in [0.15, 0.2) is 0 Å². The average molecular weight is 345 g/mol. The van der Waals surface area contributed by atoms with Gasteiger partial charge in [-0.3, -0.25) is 4.98 Å². The highest BCUT2D eigenvalue weighted by Gasteiger charge is 2.14. The maximum Gasteiger partial charge on any atom is 0.143 e. The Labute approximate surface area is 151 Å². The molecule has 26 heavy (non-hydrogen) atoms. The number of para-hydroxylation sites is 2. The third-order valence-electron chi connectivity index (χ3n) is 4.33. The first-order valence-corrected chi connectivity index (χ1v) is 8.36. The van der Waals surface area contributed by atoms with Crippen LogP contribution in [0, 0.1) is 0 Å². The standard InChI is InChI=1S/C21H19N3O2/c1-25-17-10-15(11-18(12-17)26-2)14-24-20-8-4-3-7-19(20)23-21(24)16-6-5-9-22-13-16/h3-13H,14H2,1-2H3. The number of imidazole rings is 1. The van der Waals surface area contributed by atoms with Gasteiger partial charge in [-0.1, -0.05) is 12.1 Å². The molecule has 0 amide bonds. The smallest absolute Gasteiger partial charge is 0.143 e. The van der Waals surface area contributed by atoms with Crippen LogP contribution in [-0.4, -0.2) is 28.8 Å². The summed E-state index contributed by atoms with van der Waals surface area (Å²) in [6.45, 7) is 0.651. The van der Waals surface area contributed by atoms with Crippen molar-refractivity contribution in [1.29, 1.82) is 0 Å². The fraction of sp³-hybridized carbons (Fsp3) is 0.143. The molecule has 130 valence electrons. The van der Waals surface area contributed by atoms with Gasteiger partial charge in [0.25, 0.3) is 0 Å². The lowest BCUT2D eigenvalue weighted by atomic mass is 10.2. The van der Waals surface area contributed by atoms with Crippen molar-refractivity contribution in [3.05, 3.63) is 72.6 Å². The van der Waals surface area contributed by atoms with Gasteiger partial charge in [0, 0.05) is 30.6 Å². The highest BCUT2D eigenvalue weighted by molar-refractivity contribution is 5.80. The molecule has 2 heterocycles. The van der Waals surface area contributed by atoms with Crippen LogP contribution >= 0.6 is 0 Å². The van der Waals surface area contributed by atoms with Gasteiger partial charge in [-0.25, -0.2) is 4.98 Å². The summed E-state index contributed by atoms with van der Waals surface area (Å²) >= 11 is 0. The molecule has 5 nitrogen and oxygen atoms in total. The van der Waals surface area contributed by atoms with Gasteiger partial charge in [0.1, 0.15) is 17.3 Å². The molecule has 0 saturated heterocycles. The topological polar surface area (TPSA) is 49.2 Å². The van der Waals surface area contributed by atoms with Crippen molar-refractivity contribution in [2.75, 3.05) is 14.2 Å². The number of aromatic nitrogens is 3. The number of ether oxygens (including phenoxy) is 2. The Morgan fingerprint density at radius 3 is 2.38 bits per heavy atom. The molecule has 5 heteroatoms. The molecular formula is C21H19N3O2. The summed E-state index contributed by atoms with van der Waals surface area (Å²) in [5.74, 6) is 2.43. The van der Waals surface area contributed by atoms with Crippen molar-refractivity contribution in [1.82, 2.24) is 14.5 Å². The van der Waals surface area contributed by atoms with Gasteiger partial charge >= 0.3 is 0 Å². The highest BCUT2D eigenvalue weighted by atomic mass is 16.5. The van der Waals surface area contributed by atoms with Gasteiger partial charge in [-0.2, -0.15) is 0 Å². The second-order valence-electron chi connectivity index (χ2n) is 5.97. The lowest BCUT2D eigenvalue weighted by Gasteiger charge is -2.12. The van der Waals surface area contributed by atoms with Crippen LogP contribution in [0.2, 0.25) is 0 Å². The van der Waals surface area contributed by atoms with Crippen molar-refractivity contribution < 1.29 is 9.47 Å². The predicted molar refractivity (Wildman–Crippen MR) is 102 cm³/mol. The maximum absolute atomic E-state index is 5.40. The van der Waals surface area contributed by atoms with Crippen LogP contribution < -0.4 is 9.47 Å². The minimum atomic E-state index is 0.651. The van der Waals surface area contributed by atoms with Crippen LogP contribution in [0.1, 0.15) is 5.56 Å². The molecule has 0 atom stereocenters. The minimum absolute atomic E-state index is 0.651. The van der Waals surface area contributed by atoms with E-state index in [4.69, 9.17) is 14.5 Å². The van der Waals surface area contributed by atoms with E-state index in [1.807, 2.05) is 54.7 Å². The molecule has 0 aliphatic rings. The summed E-state index contributed by atoms with van der Waals surface area (Å²) in [5.41, 5.74) is 4.10. The zero-order valence-corrected chi connectivity index (χ0v) is 14.7. The zero-order chi connectivity index (χ0) is 17.9. The molecule has 0 bridgehead atoms. The molecule has 0 radical (unpaired) electrons. The summed E-state index contributed by atoms with van der Waals surface area (Å²) in [7, 11) is 3.32. The lowest BCUT2D eigenvalue weighted by molar-refractivity contribution is 0.393. The summed E-state index contributed by atoms with van der Waals surface area (Å²) < 4.78 is 13.0. The molecule has 0 spiro atoms. The van der Waals surface area contributed by atoms with E-state index in [1.54, 1.807) is 20.4 Å². The zero-order valence-electron chi connectivity index (χ0n) is 14.7. The van der Waals surface area contributed by atoms with E-state index >= 15 is 0 Å². The quantitative estimate of drug-likeness (QED) is 0.545. The molecule has 4 aromatic rings. The van der Waals surface area contributed by atoms with Crippen LogP contribution in [0.3, 0.4) is 0 Å². The van der Waals surface area contributed by atoms with Crippen LogP contribution in [0.4, 0.5) is 0 Å². The van der Waals surface area contributed by atoms with E-state index in [-0.39, 0.29) is 0 Å². The molecule has 0 unspecified atom stereocenters. The first-order valence-electron chi connectivity index (χ1n) is 8.36. The first kappa shape index (κ1) is 16.1. The summed E-state index contributed by atoms with van der Waals surface area (Å²) in [6.07, 6.45) is 3.60. The van der Waals surface area contributed by atoms with E-state index in [0.717, 1.165) is 39.5 Å². The molecule has 2 aromatic carbocycles. The van der Waals surface area contributed by atoms with E-state index in [9.17, 15) is 0 Å². The summed E-state index contributed by atoms with van der Waals surface area (Å²) in [4.78, 5) is 9.07. The minimum Gasteiger partial charge on any atom is -0.497 e. The van der Waals surface area contributed by atoms with Crippen molar-refractivity contribution in [3.8, 4) is 22.9 Å². The number of fused-ring (bicyclic) bond motifs is 1. The van der Waals surface area contributed by atoms with Crippen molar-refractivity contribution in [2.45, 2.75) is 6.54 Å². The van der Waals surface area contributed by atoms with Crippen LogP contribution in [0.25, 0.3) is 22.4 Å². The third-order valence-corrected chi connectivity index (χ3v) is 4.33.